The van der Waals surface area contributed by atoms with Gasteiger partial charge in [0.05, 0.1) is 34.6 Å². The van der Waals surface area contributed by atoms with Crippen LogP contribution in [0.2, 0.25) is 0 Å². The number of nitrogens with zero attached hydrogens (tertiary/aromatic N) is 5. The molecule has 2 N–H and O–H groups in total. The molecule has 1 aromatic carbocycles. The third kappa shape index (κ3) is 3.85. The lowest BCUT2D eigenvalue weighted by Gasteiger charge is -2.28. The highest BCUT2D eigenvalue weighted by atomic mass is 32.2. The van der Waals surface area contributed by atoms with Crippen LogP contribution in [0, 0.1) is 5.53 Å². The van der Waals surface area contributed by atoms with Crippen LogP contribution in [0.25, 0.3) is 10.9 Å². The smallest absolute Gasteiger partial charge is 0.228 e. The number of benzene rings is 1. The first-order valence-corrected chi connectivity index (χ1v) is 10.2. The van der Waals surface area contributed by atoms with Gasteiger partial charge in [-0.05, 0) is 30.3 Å². The minimum atomic E-state index is -2.90. The van der Waals surface area contributed by atoms with E-state index in [1.54, 1.807) is 24.5 Å². The Labute approximate surface area is 155 Å². The van der Waals surface area contributed by atoms with E-state index in [9.17, 15) is 8.42 Å². The van der Waals surface area contributed by atoms with E-state index in [0.29, 0.717) is 36.1 Å². The fourth-order valence-corrected chi connectivity index (χ4v) is 4.07. The Balaban J connectivity index is 1.50. The van der Waals surface area contributed by atoms with Crippen LogP contribution >= 0.6 is 0 Å². The lowest BCUT2D eigenvalue weighted by Crippen LogP contribution is -2.40. The van der Waals surface area contributed by atoms with E-state index >= 15 is 0 Å². The van der Waals surface area contributed by atoms with Crippen LogP contribution in [0.15, 0.2) is 47.8 Å². The molecule has 9 nitrogen and oxygen atoms in total. The summed E-state index contributed by atoms with van der Waals surface area (Å²) >= 11 is 0. The Morgan fingerprint density at radius 2 is 1.89 bits per heavy atom. The molecule has 0 spiro atoms. The second-order valence-electron chi connectivity index (χ2n) is 6.21. The van der Waals surface area contributed by atoms with Gasteiger partial charge in [0.15, 0.2) is 9.84 Å². The summed E-state index contributed by atoms with van der Waals surface area (Å²) in [7, 11) is -2.90. The number of aromatic nitrogens is 3. The number of nitrogens with one attached hydrogen (secondary N) is 2. The average Bonchev–Trinajstić information content (AvgIpc) is 2.68. The van der Waals surface area contributed by atoms with E-state index in [0.717, 1.165) is 11.1 Å². The molecular formula is C17H17N7O2S. The predicted octanol–water partition coefficient (Wildman–Crippen LogP) is 2.67. The van der Waals surface area contributed by atoms with Crippen molar-refractivity contribution in [2.75, 3.05) is 34.8 Å². The SMILES string of the molecule is N=Nc1ccc2cnc(Nc3ccc(N4CCS(=O)(=O)CC4)cn3)nc2c1. The molecule has 0 unspecified atom stereocenters. The molecule has 0 atom stereocenters. The van der Waals surface area contributed by atoms with E-state index in [1.807, 2.05) is 23.1 Å². The third-order valence-corrected chi connectivity index (χ3v) is 6.00. The molecule has 1 saturated heterocycles. The Morgan fingerprint density at radius 1 is 1.07 bits per heavy atom. The standard InChI is InChI=1S/C17H17N7O2S/c18-23-13-2-1-12-10-20-17(21-15(12)9-13)22-16-4-3-14(11-19-16)24-5-7-27(25,26)8-6-24/h1-4,9-11,18H,5-8H2,(H,19,20,21,22). The fraction of sp³-hybridized carbons (Fsp3) is 0.235. The molecule has 0 bridgehead atoms. The third-order valence-electron chi connectivity index (χ3n) is 4.39. The van der Waals surface area contributed by atoms with Crippen molar-refractivity contribution in [3.05, 3.63) is 42.7 Å². The second-order valence-corrected chi connectivity index (χ2v) is 8.52. The minimum Gasteiger partial charge on any atom is -0.368 e. The molecule has 138 valence electrons. The van der Waals surface area contributed by atoms with E-state index in [2.05, 4.69) is 25.4 Å². The van der Waals surface area contributed by atoms with Gasteiger partial charge >= 0.3 is 0 Å². The maximum absolute atomic E-state index is 11.5. The van der Waals surface area contributed by atoms with Gasteiger partial charge in [-0.15, -0.1) is 0 Å². The first kappa shape index (κ1) is 17.3. The summed E-state index contributed by atoms with van der Waals surface area (Å²) in [5, 5.41) is 7.32. The predicted molar refractivity (Wildman–Crippen MR) is 103 cm³/mol. The van der Waals surface area contributed by atoms with Crippen LogP contribution in [-0.4, -0.2) is 48.0 Å². The van der Waals surface area contributed by atoms with Gasteiger partial charge in [0, 0.05) is 24.7 Å². The monoisotopic (exact) mass is 383 g/mol. The largest absolute Gasteiger partial charge is 0.368 e. The van der Waals surface area contributed by atoms with Crippen molar-refractivity contribution in [3.63, 3.8) is 0 Å². The molecule has 0 saturated carbocycles. The van der Waals surface area contributed by atoms with Crippen molar-refractivity contribution in [1.29, 1.82) is 5.53 Å². The number of fused-ring (bicyclic) bond motifs is 1. The summed E-state index contributed by atoms with van der Waals surface area (Å²) in [5.74, 6) is 1.33. The summed E-state index contributed by atoms with van der Waals surface area (Å²) in [6.45, 7) is 0.960. The topological polar surface area (TPSA) is 124 Å². The lowest BCUT2D eigenvalue weighted by atomic mass is 10.2. The van der Waals surface area contributed by atoms with Crippen LogP contribution < -0.4 is 10.2 Å². The summed E-state index contributed by atoms with van der Waals surface area (Å²) in [6.07, 6.45) is 3.40. The second kappa shape index (κ2) is 6.88. The molecule has 3 heterocycles. The van der Waals surface area contributed by atoms with Crippen LogP contribution in [-0.2, 0) is 9.84 Å². The number of sulfone groups is 1. The number of hydrogen-bond acceptors (Lipinski definition) is 9. The molecule has 0 radical (unpaired) electrons. The molecule has 10 heteroatoms. The van der Waals surface area contributed by atoms with Crippen LogP contribution in [0.4, 0.5) is 23.1 Å². The van der Waals surface area contributed by atoms with Crippen molar-refractivity contribution in [2.45, 2.75) is 0 Å². The van der Waals surface area contributed by atoms with Crippen molar-refractivity contribution in [1.82, 2.24) is 15.0 Å². The number of anilines is 3. The highest BCUT2D eigenvalue weighted by molar-refractivity contribution is 7.91. The molecular weight excluding hydrogens is 366 g/mol. The minimum absolute atomic E-state index is 0.171. The van der Waals surface area contributed by atoms with Gasteiger partial charge in [-0.2, -0.15) is 5.11 Å². The average molecular weight is 383 g/mol. The molecule has 4 rings (SSSR count). The lowest BCUT2D eigenvalue weighted by molar-refractivity contribution is 0.586. The van der Waals surface area contributed by atoms with Gasteiger partial charge in [0.25, 0.3) is 0 Å². The Kier molecular flexibility index (Phi) is 4.40. The highest BCUT2D eigenvalue weighted by Gasteiger charge is 2.21. The van der Waals surface area contributed by atoms with Gasteiger partial charge in [-0.1, -0.05) is 0 Å². The normalized spacial score (nSPS) is 16.2. The zero-order chi connectivity index (χ0) is 18.9. The Bertz CT molecular complexity index is 1090. The van der Waals surface area contributed by atoms with Gasteiger partial charge in [-0.25, -0.2) is 28.9 Å². The fourth-order valence-electron chi connectivity index (χ4n) is 2.87. The molecule has 1 aliphatic rings. The summed E-state index contributed by atoms with van der Waals surface area (Å²) in [4.78, 5) is 15.1. The number of pyridine rings is 1. The zero-order valence-electron chi connectivity index (χ0n) is 14.3. The zero-order valence-corrected chi connectivity index (χ0v) is 15.1. The molecule has 3 aromatic rings. The quantitative estimate of drug-likeness (QED) is 0.664. The van der Waals surface area contributed by atoms with E-state index in [1.165, 1.54) is 0 Å². The number of hydrogen-bond donors (Lipinski definition) is 2. The van der Waals surface area contributed by atoms with E-state index in [-0.39, 0.29) is 11.5 Å². The van der Waals surface area contributed by atoms with Crippen LogP contribution in [0.1, 0.15) is 0 Å². The van der Waals surface area contributed by atoms with Crippen molar-refractivity contribution >= 4 is 43.9 Å². The first-order valence-electron chi connectivity index (χ1n) is 8.35. The van der Waals surface area contributed by atoms with Crippen LogP contribution in [0.3, 0.4) is 0 Å². The molecule has 0 amide bonds. The highest BCUT2D eigenvalue weighted by Crippen LogP contribution is 2.22. The molecule has 0 aliphatic carbocycles. The Hall–Kier alpha value is -3.14. The number of rotatable bonds is 4. The van der Waals surface area contributed by atoms with Gasteiger partial charge < -0.3 is 10.2 Å². The van der Waals surface area contributed by atoms with Crippen molar-refractivity contribution < 1.29 is 8.42 Å². The van der Waals surface area contributed by atoms with Crippen molar-refractivity contribution in [2.24, 2.45) is 5.11 Å². The van der Waals surface area contributed by atoms with Gasteiger partial charge in [0.2, 0.25) is 5.95 Å². The molecule has 1 aliphatic heterocycles. The van der Waals surface area contributed by atoms with Crippen molar-refractivity contribution in [3.8, 4) is 0 Å². The summed E-state index contributed by atoms with van der Waals surface area (Å²) in [6, 6.07) is 8.97. The summed E-state index contributed by atoms with van der Waals surface area (Å²) in [5.41, 5.74) is 9.20. The molecule has 27 heavy (non-hydrogen) atoms. The first-order chi connectivity index (χ1) is 13.0. The maximum atomic E-state index is 11.5. The maximum Gasteiger partial charge on any atom is 0.228 e. The van der Waals surface area contributed by atoms with Gasteiger partial charge in [0.1, 0.15) is 5.82 Å². The van der Waals surface area contributed by atoms with Crippen LogP contribution in [0.5, 0.6) is 0 Å². The summed E-state index contributed by atoms with van der Waals surface area (Å²) < 4.78 is 23.1. The van der Waals surface area contributed by atoms with E-state index in [4.69, 9.17) is 5.53 Å². The molecule has 2 aromatic heterocycles. The Morgan fingerprint density at radius 3 is 2.59 bits per heavy atom. The van der Waals surface area contributed by atoms with Gasteiger partial charge in [-0.3, -0.25) is 0 Å². The van der Waals surface area contributed by atoms with E-state index < -0.39 is 9.84 Å². The molecule has 1 fully saturated rings.